The van der Waals surface area contributed by atoms with E-state index in [2.05, 4.69) is 13.8 Å². The molecule has 4 heteroatoms. The minimum Gasteiger partial charge on any atom is -0.350 e. The molecule has 3 atom stereocenters. The van der Waals surface area contributed by atoms with Crippen molar-refractivity contribution in [2.75, 3.05) is 6.61 Å². The van der Waals surface area contributed by atoms with Crippen molar-refractivity contribution in [2.45, 2.75) is 90.4 Å². The lowest BCUT2D eigenvalue weighted by atomic mass is 9.74. The lowest BCUT2D eigenvalue weighted by Crippen LogP contribution is -2.62. The maximum Gasteiger partial charge on any atom is 0.251 e. The third-order valence-electron chi connectivity index (χ3n) is 5.98. The summed E-state index contributed by atoms with van der Waals surface area (Å²) in [7, 11) is 0. The minimum absolute atomic E-state index is 0.192. The SMILES string of the molecule is CCC[C@H]1[C@@H](CC2CCC(C)CC2)C(=O)N1OC1CCCCO1. The number of amides is 1. The van der Waals surface area contributed by atoms with Gasteiger partial charge in [0.25, 0.3) is 5.91 Å². The van der Waals surface area contributed by atoms with Gasteiger partial charge in [-0.05, 0) is 37.5 Å². The van der Waals surface area contributed by atoms with Crippen molar-refractivity contribution in [1.29, 1.82) is 0 Å². The monoisotopic (exact) mass is 323 g/mol. The standard InChI is InChI=1S/C19H33NO3/c1-3-6-17-16(13-15-10-8-14(2)9-11-15)19(21)20(17)23-18-7-4-5-12-22-18/h14-18H,3-13H2,1-2H3/t14?,15?,16-,17+,18?/m1/s1. The van der Waals surface area contributed by atoms with Crippen LogP contribution in [-0.4, -0.2) is 29.9 Å². The van der Waals surface area contributed by atoms with Gasteiger partial charge in [-0.3, -0.25) is 4.79 Å². The molecule has 0 bridgehead atoms. The maximum atomic E-state index is 12.6. The smallest absolute Gasteiger partial charge is 0.251 e. The van der Waals surface area contributed by atoms with Crippen LogP contribution in [-0.2, 0) is 14.4 Å². The summed E-state index contributed by atoms with van der Waals surface area (Å²) in [5.41, 5.74) is 0. The maximum absolute atomic E-state index is 12.6. The van der Waals surface area contributed by atoms with Crippen LogP contribution in [0.4, 0.5) is 0 Å². The van der Waals surface area contributed by atoms with E-state index in [-0.39, 0.29) is 24.2 Å². The molecule has 0 radical (unpaired) electrons. The average Bonchev–Trinajstić information content (AvgIpc) is 2.59. The molecule has 1 amide bonds. The first kappa shape index (κ1) is 17.2. The van der Waals surface area contributed by atoms with E-state index < -0.39 is 0 Å². The summed E-state index contributed by atoms with van der Waals surface area (Å²) >= 11 is 0. The third-order valence-corrected chi connectivity index (χ3v) is 5.98. The van der Waals surface area contributed by atoms with E-state index in [0.717, 1.165) is 57.0 Å². The fourth-order valence-electron chi connectivity index (χ4n) is 4.42. The van der Waals surface area contributed by atoms with Gasteiger partial charge < -0.3 is 4.74 Å². The zero-order chi connectivity index (χ0) is 16.2. The number of hydrogen-bond donors (Lipinski definition) is 0. The van der Waals surface area contributed by atoms with Crippen LogP contribution in [0.2, 0.25) is 0 Å². The molecule has 0 aromatic rings. The van der Waals surface area contributed by atoms with Gasteiger partial charge in [0.1, 0.15) is 0 Å². The number of nitrogens with zero attached hydrogens (tertiary/aromatic N) is 1. The summed E-state index contributed by atoms with van der Waals surface area (Å²) in [4.78, 5) is 18.5. The van der Waals surface area contributed by atoms with E-state index in [1.165, 1.54) is 25.7 Å². The first-order chi connectivity index (χ1) is 11.2. The molecule has 0 N–H and O–H groups in total. The number of β-lactam (4-membered cyclic amide) rings is 1. The van der Waals surface area contributed by atoms with Crippen molar-refractivity contribution in [2.24, 2.45) is 17.8 Å². The zero-order valence-electron chi connectivity index (χ0n) is 14.8. The molecular weight excluding hydrogens is 290 g/mol. The normalized spacial score (nSPS) is 38.4. The Bertz CT molecular complexity index is 386. The third kappa shape index (κ3) is 4.08. The van der Waals surface area contributed by atoms with Crippen LogP contribution in [0.5, 0.6) is 0 Å². The topological polar surface area (TPSA) is 38.8 Å². The van der Waals surface area contributed by atoms with Crippen LogP contribution in [0.25, 0.3) is 0 Å². The molecule has 3 rings (SSSR count). The highest BCUT2D eigenvalue weighted by atomic mass is 16.8. The van der Waals surface area contributed by atoms with E-state index >= 15 is 0 Å². The highest BCUT2D eigenvalue weighted by Crippen LogP contribution is 2.40. The zero-order valence-corrected chi connectivity index (χ0v) is 14.8. The Morgan fingerprint density at radius 1 is 1.17 bits per heavy atom. The molecule has 1 aliphatic carbocycles. The van der Waals surface area contributed by atoms with E-state index in [1.807, 2.05) is 0 Å². The quantitative estimate of drug-likeness (QED) is 0.685. The fraction of sp³-hybridized carbons (Fsp3) is 0.947. The molecule has 3 aliphatic rings. The van der Waals surface area contributed by atoms with Gasteiger partial charge in [-0.25, -0.2) is 9.90 Å². The largest absolute Gasteiger partial charge is 0.350 e. The van der Waals surface area contributed by atoms with Gasteiger partial charge in [0.15, 0.2) is 6.29 Å². The van der Waals surface area contributed by atoms with Crippen molar-refractivity contribution in [3.05, 3.63) is 0 Å². The van der Waals surface area contributed by atoms with Crippen molar-refractivity contribution in [3.63, 3.8) is 0 Å². The van der Waals surface area contributed by atoms with E-state index in [1.54, 1.807) is 5.06 Å². The van der Waals surface area contributed by atoms with Gasteiger partial charge in [0.2, 0.25) is 0 Å². The van der Waals surface area contributed by atoms with Gasteiger partial charge in [-0.15, -0.1) is 0 Å². The molecule has 2 aliphatic heterocycles. The molecule has 1 unspecified atom stereocenters. The van der Waals surface area contributed by atoms with Gasteiger partial charge in [-0.1, -0.05) is 46.0 Å². The number of hydrogen-bond acceptors (Lipinski definition) is 3. The Balaban J connectivity index is 1.52. The molecule has 0 aromatic carbocycles. The van der Waals surface area contributed by atoms with Crippen LogP contribution < -0.4 is 0 Å². The van der Waals surface area contributed by atoms with Crippen LogP contribution in [0.3, 0.4) is 0 Å². The summed E-state index contributed by atoms with van der Waals surface area (Å²) in [5.74, 6) is 2.01. The Hall–Kier alpha value is -0.610. The van der Waals surface area contributed by atoms with Gasteiger partial charge in [0.05, 0.1) is 12.0 Å². The molecule has 132 valence electrons. The highest BCUT2D eigenvalue weighted by molar-refractivity contribution is 5.84. The summed E-state index contributed by atoms with van der Waals surface area (Å²) < 4.78 is 5.64. The highest BCUT2D eigenvalue weighted by Gasteiger charge is 2.49. The fourth-order valence-corrected chi connectivity index (χ4v) is 4.42. The van der Waals surface area contributed by atoms with E-state index in [4.69, 9.17) is 9.57 Å². The van der Waals surface area contributed by atoms with Crippen molar-refractivity contribution in [3.8, 4) is 0 Å². The van der Waals surface area contributed by atoms with Crippen molar-refractivity contribution in [1.82, 2.24) is 5.06 Å². The Labute approximate surface area is 140 Å². The first-order valence-electron chi connectivity index (χ1n) is 9.80. The summed E-state index contributed by atoms with van der Waals surface area (Å²) in [6.07, 6.45) is 11.4. The Morgan fingerprint density at radius 3 is 2.61 bits per heavy atom. The molecule has 1 saturated carbocycles. The molecule has 2 heterocycles. The van der Waals surface area contributed by atoms with Gasteiger partial charge in [-0.2, -0.15) is 0 Å². The van der Waals surface area contributed by atoms with Crippen LogP contribution in [0.1, 0.15) is 78.1 Å². The molecular formula is C19H33NO3. The molecule has 3 fully saturated rings. The van der Waals surface area contributed by atoms with Crippen LogP contribution >= 0.6 is 0 Å². The predicted octanol–water partition coefficient (Wildman–Crippen LogP) is 4.29. The molecule has 0 spiro atoms. The number of carbonyl (C=O) groups excluding carboxylic acids is 1. The number of rotatable bonds is 6. The molecule has 0 aromatic heterocycles. The Morgan fingerprint density at radius 2 is 1.96 bits per heavy atom. The Kier molecular flexibility index (Phi) is 5.97. The lowest BCUT2D eigenvalue weighted by molar-refractivity contribution is -0.320. The second kappa shape index (κ2) is 7.98. The van der Waals surface area contributed by atoms with Crippen LogP contribution in [0.15, 0.2) is 0 Å². The number of carbonyl (C=O) groups is 1. The van der Waals surface area contributed by atoms with Crippen LogP contribution in [0, 0.1) is 17.8 Å². The number of hydroxylamine groups is 2. The second-order valence-corrected chi connectivity index (χ2v) is 7.89. The predicted molar refractivity (Wildman–Crippen MR) is 89.4 cm³/mol. The van der Waals surface area contributed by atoms with Crippen molar-refractivity contribution < 1.29 is 14.4 Å². The summed E-state index contributed by atoms with van der Waals surface area (Å²) in [6.45, 7) is 5.30. The summed E-state index contributed by atoms with van der Waals surface area (Å²) in [6, 6.07) is 0.275. The molecule has 4 nitrogen and oxygen atoms in total. The minimum atomic E-state index is -0.205. The lowest BCUT2D eigenvalue weighted by Gasteiger charge is -2.48. The molecule has 23 heavy (non-hydrogen) atoms. The molecule has 2 saturated heterocycles. The van der Waals surface area contributed by atoms with Gasteiger partial charge >= 0.3 is 0 Å². The van der Waals surface area contributed by atoms with E-state index in [0.29, 0.717) is 0 Å². The average molecular weight is 323 g/mol. The van der Waals surface area contributed by atoms with E-state index in [9.17, 15) is 4.79 Å². The second-order valence-electron chi connectivity index (χ2n) is 7.89. The number of ether oxygens (including phenoxy) is 1. The summed E-state index contributed by atoms with van der Waals surface area (Å²) in [5, 5.41) is 1.66. The van der Waals surface area contributed by atoms with Gasteiger partial charge in [0, 0.05) is 13.0 Å². The first-order valence-corrected chi connectivity index (χ1v) is 9.80. The van der Waals surface area contributed by atoms with Crippen molar-refractivity contribution >= 4 is 5.91 Å².